The molecule has 1 aliphatic heterocycles. The zero-order chi connectivity index (χ0) is 21.1. The van der Waals surface area contributed by atoms with Gasteiger partial charge in [0.05, 0.1) is 13.2 Å². The highest BCUT2D eigenvalue weighted by molar-refractivity contribution is 5.87. The second-order valence-corrected chi connectivity index (χ2v) is 7.00. The van der Waals surface area contributed by atoms with Crippen molar-refractivity contribution in [1.29, 1.82) is 0 Å². The van der Waals surface area contributed by atoms with Gasteiger partial charge in [0.15, 0.2) is 5.69 Å². The average Bonchev–Trinajstić information content (AvgIpc) is 2.73. The number of hydrogen-bond acceptors (Lipinski definition) is 5. The summed E-state index contributed by atoms with van der Waals surface area (Å²) in [5.41, 5.74) is -1.67. The zero-order valence-corrected chi connectivity index (χ0v) is 16.0. The molecule has 4 rings (SSSR count). The van der Waals surface area contributed by atoms with E-state index in [-0.39, 0.29) is 5.82 Å². The number of halogens is 3. The summed E-state index contributed by atoms with van der Waals surface area (Å²) in [4.78, 5) is 19.8. The number of ether oxygens (including phenoxy) is 2. The highest BCUT2D eigenvalue weighted by Gasteiger charge is 2.33. The largest absolute Gasteiger partial charge is 0.492 e. The highest BCUT2D eigenvalue weighted by atomic mass is 19.4. The van der Waals surface area contributed by atoms with E-state index in [1.807, 2.05) is 18.2 Å². The van der Waals surface area contributed by atoms with Crippen LogP contribution >= 0.6 is 0 Å². The first-order chi connectivity index (χ1) is 14.4. The minimum Gasteiger partial charge on any atom is -0.492 e. The second-order valence-electron chi connectivity index (χ2n) is 7.00. The van der Waals surface area contributed by atoms with Crippen LogP contribution in [0.1, 0.15) is 5.69 Å². The lowest BCUT2D eigenvalue weighted by Gasteiger charge is -2.26. The number of nitrogens with one attached hydrogen (secondary N) is 1. The predicted molar refractivity (Wildman–Crippen MR) is 106 cm³/mol. The van der Waals surface area contributed by atoms with E-state index < -0.39 is 17.4 Å². The molecule has 1 N–H and O–H groups in total. The summed E-state index contributed by atoms with van der Waals surface area (Å²) in [6.07, 6.45) is -4.69. The molecule has 2 heterocycles. The lowest BCUT2D eigenvalue weighted by molar-refractivity contribution is -0.141. The third kappa shape index (κ3) is 4.80. The van der Waals surface area contributed by atoms with Crippen molar-refractivity contribution >= 4 is 10.8 Å². The Kier molecular flexibility index (Phi) is 5.74. The number of fused-ring (bicyclic) bond motifs is 1. The molecule has 0 amide bonds. The molecule has 0 bridgehead atoms. The maximum Gasteiger partial charge on any atom is 0.433 e. The number of alkyl halides is 3. The first kappa shape index (κ1) is 20.4. The molecule has 0 aliphatic carbocycles. The molecule has 0 radical (unpaired) electrons. The monoisotopic (exact) mass is 419 g/mol. The maximum atomic E-state index is 12.9. The Labute approximate surface area is 170 Å². The molecule has 0 saturated carbocycles. The molecule has 6 nitrogen and oxygen atoms in total. The molecule has 0 unspecified atom stereocenters. The summed E-state index contributed by atoms with van der Waals surface area (Å²) in [7, 11) is 0. The van der Waals surface area contributed by atoms with Gasteiger partial charge in [0.2, 0.25) is 0 Å². The molecule has 9 heteroatoms. The molecule has 3 aromatic rings. The van der Waals surface area contributed by atoms with Crippen molar-refractivity contribution in [3.8, 4) is 17.1 Å². The van der Waals surface area contributed by atoms with Gasteiger partial charge in [0.1, 0.15) is 18.2 Å². The molecule has 1 aromatic heterocycles. The minimum absolute atomic E-state index is 0.123. The molecule has 30 heavy (non-hydrogen) atoms. The van der Waals surface area contributed by atoms with Gasteiger partial charge in [-0.1, -0.05) is 18.2 Å². The smallest absolute Gasteiger partial charge is 0.433 e. The van der Waals surface area contributed by atoms with Gasteiger partial charge in [-0.05, 0) is 29.0 Å². The third-order valence-corrected chi connectivity index (χ3v) is 4.90. The first-order valence-electron chi connectivity index (χ1n) is 9.54. The van der Waals surface area contributed by atoms with E-state index in [2.05, 4.69) is 14.9 Å². The Hall–Kier alpha value is -2.91. The Morgan fingerprint density at radius 3 is 2.57 bits per heavy atom. The van der Waals surface area contributed by atoms with Crippen LogP contribution in [0.25, 0.3) is 22.2 Å². The molecular weight excluding hydrogens is 399 g/mol. The van der Waals surface area contributed by atoms with Gasteiger partial charge in [0.25, 0.3) is 5.56 Å². The lowest BCUT2D eigenvalue weighted by atomic mass is 10.1. The summed E-state index contributed by atoms with van der Waals surface area (Å²) in [5, 5.41) is 1.67. The fourth-order valence-corrected chi connectivity index (χ4v) is 3.32. The van der Waals surface area contributed by atoms with Crippen molar-refractivity contribution in [3.63, 3.8) is 0 Å². The summed E-state index contributed by atoms with van der Waals surface area (Å²) in [6.45, 7) is 4.65. The molecule has 0 spiro atoms. The summed E-state index contributed by atoms with van der Waals surface area (Å²) in [5.74, 6) is 0.594. The van der Waals surface area contributed by atoms with E-state index in [9.17, 15) is 18.0 Å². The Morgan fingerprint density at radius 2 is 1.80 bits per heavy atom. The second kappa shape index (κ2) is 8.45. The fraction of sp³-hybridized carbons (Fsp3) is 0.333. The minimum atomic E-state index is -4.69. The van der Waals surface area contributed by atoms with Crippen LogP contribution in [0, 0.1) is 0 Å². The molecule has 0 atom stereocenters. The normalized spacial score (nSPS) is 15.4. The SMILES string of the molecule is O=c1cc(C(F)(F)F)nc(-c2ccc3cc(OCCN4CCOCC4)ccc3c2)[nH]1. The highest BCUT2D eigenvalue weighted by Crippen LogP contribution is 2.29. The number of H-pyrrole nitrogens is 1. The van der Waals surface area contributed by atoms with Crippen molar-refractivity contribution in [3.05, 3.63) is 58.5 Å². The summed E-state index contributed by atoms with van der Waals surface area (Å²) in [6, 6.07) is 11.0. The van der Waals surface area contributed by atoms with E-state index in [1.165, 1.54) is 0 Å². The third-order valence-electron chi connectivity index (χ3n) is 4.90. The van der Waals surface area contributed by atoms with Crippen molar-refractivity contribution in [2.75, 3.05) is 39.5 Å². The van der Waals surface area contributed by atoms with Crippen molar-refractivity contribution < 1.29 is 22.6 Å². The van der Waals surface area contributed by atoms with Crippen LogP contribution in [-0.4, -0.2) is 54.3 Å². The molecule has 1 saturated heterocycles. The van der Waals surface area contributed by atoms with E-state index in [1.54, 1.807) is 18.2 Å². The molecular formula is C21H20F3N3O3. The van der Waals surface area contributed by atoms with Crippen LogP contribution in [0.4, 0.5) is 13.2 Å². The standard InChI is InChI=1S/C21H20F3N3O3/c22-21(23,24)18-13-19(28)26-20(25-18)16-2-1-15-12-17(4-3-14(15)11-16)30-10-7-27-5-8-29-9-6-27/h1-4,11-13H,5-10H2,(H,25,26,28). The summed E-state index contributed by atoms with van der Waals surface area (Å²) < 4.78 is 50.0. The van der Waals surface area contributed by atoms with Gasteiger partial charge in [-0.3, -0.25) is 9.69 Å². The number of hydrogen-bond donors (Lipinski definition) is 1. The van der Waals surface area contributed by atoms with Gasteiger partial charge in [-0.25, -0.2) is 4.98 Å². The lowest BCUT2D eigenvalue weighted by Crippen LogP contribution is -2.38. The maximum absolute atomic E-state index is 12.9. The molecule has 1 aliphatic rings. The van der Waals surface area contributed by atoms with Crippen LogP contribution in [0.15, 0.2) is 47.3 Å². The van der Waals surface area contributed by atoms with E-state index in [0.29, 0.717) is 24.0 Å². The quantitative estimate of drug-likeness (QED) is 0.687. The van der Waals surface area contributed by atoms with Crippen LogP contribution in [0.5, 0.6) is 5.75 Å². The van der Waals surface area contributed by atoms with Crippen molar-refractivity contribution in [1.82, 2.24) is 14.9 Å². The van der Waals surface area contributed by atoms with Gasteiger partial charge in [-0.2, -0.15) is 13.2 Å². The van der Waals surface area contributed by atoms with E-state index in [0.717, 1.165) is 43.6 Å². The van der Waals surface area contributed by atoms with Gasteiger partial charge < -0.3 is 14.5 Å². The average molecular weight is 419 g/mol. The Morgan fingerprint density at radius 1 is 1.07 bits per heavy atom. The van der Waals surface area contributed by atoms with Crippen molar-refractivity contribution in [2.45, 2.75) is 6.18 Å². The Balaban J connectivity index is 1.51. The van der Waals surface area contributed by atoms with Crippen LogP contribution in [0.3, 0.4) is 0 Å². The van der Waals surface area contributed by atoms with Gasteiger partial charge in [0, 0.05) is 31.3 Å². The van der Waals surface area contributed by atoms with Gasteiger partial charge in [-0.15, -0.1) is 0 Å². The first-order valence-corrected chi connectivity index (χ1v) is 9.54. The predicted octanol–water partition coefficient (Wildman–Crippen LogP) is 3.32. The van der Waals surface area contributed by atoms with Crippen molar-refractivity contribution in [2.24, 2.45) is 0 Å². The zero-order valence-electron chi connectivity index (χ0n) is 16.0. The summed E-state index contributed by atoms with van der Waals surface area (Å²) >= 11 is 0. The topological polar surface area (TPSA) is 67.4 Å². The number of aromatic amines is 1. The van der Waals surface area contributed by atoms with E-state index >= 15 is 0 Å². The number of aromatic nitrogens is 2. The van der Waals surface area contributed by atoms with Crippen LogP contribution in [-0.2, 0) is 10.9 Å². The van der Waals surface area contributed by atoms with E-state index in [4.69, 9.17) is 9.47 Å². The molecule has 2 aromatic carbocycles. The molecule has 1 fully saturated rings. The van der Waals surface area contributed by atoms with Gasteiger partial charge >= 0.3 is 6.18 Å². The Bertz CT molecular complexity index is 1090. The molecule has 158 valence electrons. The number of nitrogens with zero attached hydrogens (tertiary/aromatic N) is 2. The number of benzene rings is 2. The number of rotatable bonds is 5. The van der Waals surface area contributed by atoms with Crippen LogP contribution in [0.2, 0.25) is 0 Å². The fourth-order valence-electron chi connectivity index (χ4n) is 3.32. The number of morpholine rings is 1. The van der Waals surface area contributed by atoms with Crippen LogP contribution < -0.4 is 10.3 Å².